The number of carbonyl (C=O) groups excluding carboxylic acids is 4. The van der Waals surface area contributed by atoms with Gasteiger partial charge in [-0.25, -0.2) is 14.3 Å². The number of rotatable bonds is 11. The molecule has 9 rings (SSSR count). The molecule has 0 radical (unpaired) electrons. The largest absolute Gasteiger partial charge is 0.446 e. The lowest BCUT2D eigenvalue weighted by Crippen LogP contribution is -2.46. The van der Waals surface area contributed by atoms with Crippen molar-refractivity contribution in [3.63, 3.8) is 0 Å². The summed E-state index contributed by atoms with van der Waals surface area (Å²) in [5, 5.41) is 19.9. The van der Waals surface area contributed by atoms with Crippen LogP contribution in [0.5, 0.6) is 0 Å². The fourth-order valence-electron chi connectivity index (χ4n) is 10.1. The minimum absolute atomic E-state index is 0.0191. The Hall–Kier alpha value is -6.07. The molecule has 1 unspecified atom stereocenters. The lowest BCUT2D eigenvalue weighted by molar-refractivity contribution is -0.135. The number of likely N-dealkylation sites (tertiary alicyclic amines) is 2. The van der Waals surface area contributed by atoms with Crippen LogP contribution in [0.15, 0.2) is 65.7 Å². The van der Waals surface area contributed by atoms with Crippen molar-refractivity contribution in [2.45, 2.75) is 109 Å². The number of piperidine rings is 3. The van der Waals surface area contributed by atoms with Crippen LogP contribution in [0, 0.1) is 5.41 Å². The summed E-state index contributed by atoms with van der Waals surface area (Å²) in [6, 6.07) is 15.5. The molecule has 1 aliphatic carbocycles. The van der Waals surface area contributed by atoms with E-state index in [9.17, 15) is 24.0 Å². The molecule has 4 amide bonds. The topological polar surface area (TPSA) is 194 Å². The Morgan fingerprint density at radius 2 is 1.67 bits per heavy atom. The number of carbonyl (C=O) groups is 4. The molecule has 6 heterocycles. The van der Waals surface area contributed by atoms with Crippen LogP contribution in [0.1, 0.15) is 111 Å². The van der Waals surface area contributed by atoms with Crippen LogP contribution in [0.3, 0.4) is 0 Å². The van der Waals surface area contributed by atoms with Crippen molar-refractivity contribution in [1.29, 1.82) is 0 Å². The normalized spacial score (nSPS) is 21.9. The van der Waals surface area contributed by atoms with Crippen molar-refractivity contribution in [3.8, 4) is 5.69 Å². The second kappa shape index (κ2) is 17.6. The average Bonchev–Trinajstić information content (AvgIpc) is 4.09. The first-order valence-corrected chi connectivity index (χ1v) is 22.4. The first kappa shape index (κ1) is 42.2. The van der Waals surface area contributed by atoms with Gasteiger partial charge in [-0.2, -0.15) is 10.2 Å². The summed E-state index contributed by atoms with van der Waals surface area (Å²) < 4.78 is 10.5. The summed E-state index contributed by atoms with van der Waals surface area (Å²) >= 11 is 0. The van der Waals surface area contributed by atoms with Gasteiger partial charge in [0.05, 0.1) is 28.5 Å². The highest BCUT2D eigenvalue weighted by Crippen LogP contribution is 2.42. The molecule has 17 heteroatoms. The van der Waals surface area contributed by atoms with Gasteiger partial charge in [0.15, 0.2) is 5.82 Å². The third-order valence-electron chi connectivity index (χ3n) is 13.7. The van der Waals surface area contributed by atoms with E-state index in [1.54, 1.807) is 33.3 Å². The highest BCUT2D eigenvalue weighted by molar-refractivity contribution is 6.03. The number of nitrogens with zero attached hydrogens (tertiary/aromatic N) is 7. The zero-order chi connectivity index (χ0) is 43.8. The van der Waals surface area contributed by atoms with Gasteiger partial charge in [-0.1, -0.05) is 24.3 Å². The van der Waals surface area contributed by atoms with E-state index in [0.717, 1.165) is 92.9 Å². The molecule has 3 saturated heterocycles. The highest BCUT2D eigenvalue weighted by Gasteiger charge is 2.38. The first-order valence-electron chi connectivity index (χ1n) is 22.4. The number of alkyl carbamates (subject to hydrolysis) is 1. The van der Waals surface area contributed by atoms with Gasteiger partial charge in [-0.3, -0.25) is 43.7 Å². The summed E-state index contributed by atoms with van der Waals surface area (Å²) in [6.07, 6.45) is 10.2. The summed E-state index contributed by atoms with van der Waals surface area (Å²) in [7, 11) is 1.77. The van der Waals surface area contributed by atoms with Crippen molar-refractivity contribution in [3.05, 3.63) is 93.8 Å². The summed E-state index contributed by atoms with van der Waals surface area (Å²) in [4.78, 5) is 68.1. The van der Waals surface area contributed by atoms with Gasteiger partial charge in [0.25, 0.3) is 5.91 Å². The number of nitrogens with one attached hydrogen (secondary N) is 4. The number of amides is 4. The van der Waals surface area contributed by atoms with E-state index >= 15 is 0 Å². The van der Waals surface area contributed by atoms with E-state index in [0.29, 0.717) is 29.6 Å². The maximum Gasteiger partial charge on any atom is 0.407 e. The smallest absolute Gasteiger partial charge is 0.407 e. The number of hydrogen-bond donors (Lipinski definition) is 4. The molecular weight excluding hydrogens is 803 g/mol. The number of benzene rings is 2. The van der Waals surface area contributed by atoms with Crippen molar-refractivity contribution < 1.29 is 23.9 Å². The molecule has 3 aromatic heterocycles. The predicted octanol–water partition coefficient (Wildman–Crippen LogP) is 5.13. The number of imidazole rings is 1. The first-order chi connectivity index (χ1) is 30.4. The van der Waals surface area contributed by atoms with Crippen molar-refractivity contribution in [2.24, 2.45) is 12.5 Å². The number of hydrogen-bond acceptors (Lipinski definition) is 10. The van der Waals surface area contributed by atoms with Gasteiger partial charge in [-0.15, -0.1) is 0 Å². The third kappa shape index (κ3) is 9.07. The second-order valence-electron chi connectivity index (χ2n) is 18.4. The molecule has 332 valence electrons. The predicted molar refractivity (Wildman–Crippen MR) is 235 cm³/mol. The van der Waals surface area contributed by atoms with Gasteiger partial charge in [-0.05, 0) is 126 Å². The van der Waals surface area contributed by atoms with Crippen LogP contribution >= 0.6 is 0 Å². The molecule has 0 bridgehead atoms. The number of imide groups is 1. The number of para-hydroxylation sites is 1. The van der Waals surface area contributed by atoms with E-state index in [1.807, 2.05) is 44.2 Å². The van der Waals surface area contributed by atoms with E-state index in [4.69, 9.17) is 4.74 Å². The van der Waals surface area contributed by atoms with Crippen molar-refractivity contribution >= 4 is 40.7 Å². The Morgan fingerprint density at radius 3 is 2.38 bits per heavy atom. The Balaban J connectivity index is 0.732. The van der Waals surface area contributed by atoms with Gasteiger partial charge >= 0.3 is 11.8 Å². The van der Waals surface area contributed by atoms with Crippen LogP contribution in [0.2, 0.25) is 0 Å². The molecule has 4 aliphatic rings. The summed E-state index contributed by atoms with van der Waals surface area (Å²) in [5.74, 6) is -0.410. The number of fused-ring (bicyclic) bond motifs is 1. The van der Waals surface area contributed by atoms with E-state index < -0.39 is 18.0 Å². The van der Waals surface area contributed by atoms with Gasteiger partial charge in [0.1, 0.15) is 12.1 Å². The average molecular weight is 860 g/mol. The van der Waals surface area contributed by atoms with E-state index in [1.165, 1.54) is 18.4 Å². The maximum absolute atomic E-state index is 13.4. The van der Waals surface area contributed by atoms with Crippen molar-refractivity contribution in [2.75, 3.05) is 31.5 Å². The van der Waals surface area contributed by atoms with Gasteiger partial charge in [0, 0.05) is 56.5 Å². The van der Waals surface area contributed by atoms with Gasteiger partial charge < -0.3 is 15.4 Å². The standard InChI is InChI=1S/C46H57N11O6/c1-29(2)48-44(61)63-35-12-9-31(23-35)36-24-39(52-51-36)49-42(59)33-25-47-56(28-33)34-10-7-30(8-11-34)26-54-19-15-46(16-20-54)17-21-55(22-18-46)27-32-5-4-6-37-41(32)53(3)45(62)57(37)38-13-14-40(58)50-43(38)60/h4-8,10-11,24-25,28-29,31,35,38H,9,12-23,26-27H2,1-3H3,(H,48,61)(H,50,58,60)(H2,49,51,52,59)/t31-,35+,38?/m0/s1. The summed E-state index contributed by atoms with van der Waals surface area (Å²) in [5.41, 5.74) is 6.20. The zero-order valence-corrected chi connectivity index (χ0v) is 36.3. The SMILES string of the molecule is CC(C)NC(=O)O[C@@H]1CC[C@H](c2cc(NC(=O)c3cnn(-c4ccc(CN5CCC6(CC5)CCN(Cc5cccc7c5n(C)c(=O)n7C5CCC(=O)NC5=O)CC6)cc4)c3)n[nH]2)C1. The number of H-pyrrole nitrogens is 1. The Labute approximate surface area is 365 Å². The van der Waals surface area contributed by atoms with Gasteiger partial charge in [0.2, 0.25) is 11.8 Å². The minimum atomic E-state index is -0.691. The fraction of sp³-hybridized carbons (Fsp3) is 0.500. The lowest BCUT2D eigenvalue weighted by Gasteiger charge is -2.47. The number of aromatic nitrogens is 6. The quantitative estimate of drug-likeness (QED) is 0.130. The molecule has 63 heavy (non-hydrogen) atoms. The van der Waals surface area contributed by atoms with Crippen LogP contribution in [-0.4, -0.2) is 101 Å². The van der Waals surface area contributed by atoms with Crippen LogP contribution in [-0.2, 0) is 34.5 Å². The van der Waals surface area contributed by atoms with Crippen LogP contribution < -0.4 is 21.6 Å². The highest BCUT2D eigenvalue weighted by atomic mass is 16.6. The molecule has 1 spiro atoms. The third-order valence-corrected chi connectivity index (χ3v) is 13.7. The Morgan fingerprint density at radius 1 is 0.937 bits per heavy atom. The molecule has 4 N–H and O–H groups in total. The minimum Gasteiger partial charge on any atom is -0.446 e. The number of anilines is 1. The van der Waals surface area contributed by atoms with Crippen LogP contribution in [0.25, 0.3) is 16.7 Å². The van der Waals surface area contributed by atoms with Crippen molar-refractivity contribution in [1.82, 2.24) is 49.5 Å². The molecule has 1 saturated carbocycles. The Kier molecular flexibility index (Phi) is 11.8. The number of aryl methyl sites for hydroxylation is 1. The zero-order valence-electron chi connectivity index (χ0n) is 36.3. The molecule has 17 nitrogen and oxygen atoms in total. The lowest BCUT2D eigenvalue weighted by atomic mass is 9.71. The van der Waals surface area contributed by atoms with E-state index in [-0.39, 0.29) is 42.0 Å². The Bertz CT molecular complexity index is 2550. The fourth-order valence-corrected chi connectivity index (χ4v) is 10.1. The molecule has 2 aromatic carbocycles. The monoisotopic (exact) mass is 859 g/mol. The summed E-state index contributed by atoms with van der Waals surface area (Å²) in [6.45, 7) is 9.52. The molecule has 4 fully saturated rings. The molecular formula is C46H57N11O6. The van der Waals surface area contributed by atoms with Crippen LogP contribution in [0.4, 0.5) is 10.6 Å². The number of aromatic amines is 1. The van der Waals surface area contributed by atoms with E-state index in [2.05, 4.69) is 59.2 Å². The second-order valence-corrected chi connectivity index (χ2v) is 18.4. The molecule has 3 atom stereocenters. The molecule has 3 aliphatic heterocycles. The number of ether oxygens (including phenoxy) is 1. The molecule has 5 aromatic rings. The maximum atomic E-state index is 13.4.